The topological polar surface area (TPSA) is 109 Å². The van der Waals surface area contributed by atoms with Crippen LogP contribution in [0, 0.1) is 6.92 Å². The van der Waals surface area contributed by atoms with E-state index in [1.165, 1.54) is 24.3 Å². The van der Waals surface area contributed by atoms with Crippen LogP contribution in [0.2, 0.25) is 0 Å². The summed E-state index contributed by atoms with van der Waals surface area (Å²) in [6.07, 6.45) is 3.53. The maximum absolute atomic E-state index is 12.2. The van der Waals surface area contributed by atoms with Gasteiger partial charge in [-0.05, 0) is 24.6 Å². The van der Waals surface area contributed by atoms with Crippen LogP contribution in [0.4, 0.5) is 0 Å². The van der Waals surface area contributed by atoms with Crippen LogP contribution >= 0.6 is 0 Å². The van der Waals surface area contributed by atoms with Crippen molar-refractivity contribution in [3.63, 3.8) is 0 Å². The number of hydrogen-bond acceptors (Lipinski definition) is 5. The molecular weight excluding hydrogens is 318 g/mol. The van der Waals surface area contributed by atoms with Crippen molar-refractivity contribution in [2.45, 2.75) is 24.7 Å². The number of sulfonamides is 1. The molecule has 0 bridgehead atoms. The molecule has 2 N–H and O–H groups in total. The fraction of sp³-hybridized carbons (Fsp3) is 0.267. The predicted molar refractivity (Wildman–Crippen MR) is 83.4 cm³/mol. The Bertz CT molecular complexity index is 789. The van der Waals surface area contributed by atoms with Gasteiger partial charge in [0.2, 0.25) is 10.0 Å². The number of nitrogens with one attached hydrogen (secondary N) is 1. The summed E-state index contributed by atoms with van der Waals surface area (Å²) in [5.41, 5.74) is 2.04. The lowest BCUT2D eigenvalue weighted by Crippen LogP contribution is -2.26. The summed E-state index contributed by atoms with van der Waals surface area (Å²) in [7, 11) is -3.63. The molecule has 23 heavy (non-hydrogen) atoms. The van der Waals surface area contributed by atoms with Crippen molar-refractivity contribution < 1.29 is 18.3 Å². The highest BCUT2D eigenvalue weighted by Gasteiger charge is 2.13. The first-order valence-electron chi connectivity index (χ1n) is 6.95. The summed E-state index contributed by atoms with van der Waals surface area (Å²) in [4.78, 5) is 19.0. The Balaban J connectivity index is 1.97. The second-order valence-corrected chi connectivity index (χ2v) is 6.78. The Morgan fingerprint density at radius 3 is 2.52 bits per heavy atom. The smallest absolute Gasteiger partial charge is 0.307 e. The van der Waals surface area contributed by atoms with Crippen molar-refractivity contribution in [3.8, 4) is 0 Å². The summed E-state index contributed by atoms with van der Waals surface area (Å²) in [6, 6.07) is 5.78. The van der Waals surface area contributed by atoms with Gasteiger partial charge in [0.05, 0.1) is 22.7 Å². The molecule has 0 radical (unpaired) electrons. The third kappa shape index (κ3) is 5.11. The Morgan fingerprint density at radius 2 is 1.91 bits per heavy atom. The first kappa shape index (κ1) is 17.0. The fourth-order valence-electron chi connectivity index (χ4n) is 1.99. The number of nitrogens with zero attached hydrogens (tertiary/aromatic N) is 2. The normalized spacial score (nSPS) is 11.3. The van der Waals surface area contributed by atoms with Crippen LogP contribution in [0.3, 0.4) is 0 Å². The van der Waals surface area contributed by atoms with Crippen molar-refractivity contribution in [2.75, 3.05) is 6.54 Å². The van der Waals surface area contributed by atoms with Gasteiger partial charge >= 0.3 is 5.97 Å². The van der Waals surface area contributed by atoms with E-state index in [2.05, 4.69) is 14.7 Å². The predicted octanol–water partition coefficient (Wildman–Crippen LogP) is 0.933. The summed E-state index contributed by atoms with van der Waals surface area (Å²) in [6.45, 7) is 2.02. The van der Waals surface area contributed by atoms with Crippen molar-refractivity contribution >= 4 is 16.0 Å². The number of carbonyl (C=O) groups is 1. The fourth-order valence-corrected chi connectivity index (χ4v) is 3.03. The minimum absolute atomic E-state index is 0.0990. The molecule has 122 valence electrons. The number of aliphatic carboxylic acids is 1. The number of hydrogen-bond donors (Lipinski definition) is 2. The summed E-state index contributed by atoms with van der Waals surface area (Å²) in [5, 5.41) is 8.70. The van der Waals surface area contributed by atoms with Gasteiger partial charge in [0.25, 0.3) is 0 Å². The van der Waals surface area contributed by atoms with E-state index in [1.54, 1.807) is 12.4 Å². The highest BCUT2D eigenvalue weighted by molar-refractivity contribution is 7.89. The van der Waals surface area contributed by atoms with Gasteiger partial charge in [0.1, 0.15) is 0 Å². The highest BCUT2D eigenvalue weighted by Crippen LogP contribution is 2.11. The number of carboxylic acid groups (broad SMARTS) is 1. The van der Waals surface area contributed by atoms with E-state index in [4.69, 9.17) is 5.11 Å². The van der Waals surface area contributed by atoms with Crippen LogP contribution in [-0.4, -0.2) is 36.0 Å². The van der Waals surface area contributed by atoms with Gasteiger partial charge in [-0.1, -0.05) is 12.1 Å². The van der Waals surface area contributed by atoms with Crippen LogP contribution in [0.5, 0.6) is 0 Å². The summed E-state index contributed by atoms with van der Waals surface area (Å²) >= 11 is 0. The molecule has 0 saturated carbocycles. The van der Waals surface area contributed by atoms with Gasteiger partial charge in [-0.25, -0.2) is 13.1 Å². The van der Waals surface area contributed by atoms with E-state index in [0.717, 1.165) is 5.69 Å². The number of aryl methyl sites for hydroxylation is 1. The number of benzene rings is 1. The molecule has 1 heterocycles. The van der Waals surface area contributed by atoms with E-state index in [0.29, 0.717) is 17.7 Å². The van der Waals surface area contributed by atoms with Gasteiger partial charge in [-0.15, -0.1) is 0 Å². The monoisotopic (exact) mass is 335 g/mol. The Morgan fingerprint density at radius 1 is 1.22 bits per heavy atom. The summed E-state index contributed by atoms with van der Waals surface area (Å²) in [5.74, 6) is -0.960. The maximum Gasteiger partial charge on any atom is 0.307 e. The van der Waals surface area contributed by atoms with E-state index < -0.39 is 16.0 Å². The van der Waals surface area contributed by atoms with Crippen LogP contribution in [0.15, 0.2) is 41.6 Å². The van der Waals surface area contributed by atoms with Crippen molar-refractivity contribution in [1.29, 1.82) is 0 Å². The molecule has 1 aromatic carbocycles. The second-order valence-electron chi connectivity index (χ2n) is 5.01. The van der Waals surface area contributed by atoms with Gasteiger partial charge in [0.15, 0.2) is 0 Å². The average Bonchev–Trinajstić information content (AvgIpc) is 2.47. The average molecular weight is 335 g/mol. The first-order chi connectivity index (χ1) is 10.9. The molecule has 0 fully saturated rings. The van der Waals surface area contributed by atoms with E-state index in [-0.39, 0.29) is 17.9 Å². The van der Waals surface area contributed by atoms with Gasteiger partial charge in [0, 0.05) is 25.4 Å². The molecule has 1 aromatic heterocycles. The lowest BCUT2D eigenvalue weighted by molar-refractivity contribution is -0.136. The first-order valence-corrected chi connectivity index (χ1v) is 8.43. The number of carboxylic acids is 1. The zero-order valence-corrected chi connectivity index (χ0v) is 13.4. The molecular formula is C15H17N3O4S. The quantitative estimate of drug-likeness (QED) is 0.779. The van der Waals surface area contributed by atoms with Crippen LogP contribution in [0.1, 0.15) is 17.0 Å². The summed E-state index contributed by atoms with van der Waals surface area (Å²) < 4.78 is 26.8. The van der Waals surface area contributed by atoms with Crippen molar-refractivity contribution in [2.24, 2.45) is 0 Å². The lowest BCUT2D eigenvalue weighted by Gasteiger charge is -2.07. The minimum Gasteiger partial charge on any atom is -0.481 e. The zero-order valence-electron chi connectivity index (χ0n) is 12.6. The van der Waals surface area contributed by atoms with E-state index in [1.807, 2.05) is 6.92 Å². The maximum atomic E-state index is 12.2. The molecule has 0 aliphatic rings. The molecule has 0 aliphatic heterocycles. The number of rotatable bonds is 7. The Kier molecular flexibility index (Phi) is 5.41. The largest absolute Gasteiger partial charge is 0.481 e. The Labute approximate surface area is 134 Å². The van der Waals surface area contributed by atoms with Gasteiger partial charge in [-0.3, -0.25) is 14.8 Å². The third-order valence-electron chi connectivity index (χ3n) is 3.07. The Hall–Kier alpha value is -2.32. The molecule has 8 heteroatoms. The molecule has 0 amide bonds. The van der Waals surface area contributed by atoms with Crippen LogP contribution in [-0.2, 0) is 27.7 Å². The SMILES string of the molecule is Cc1cncc(CCNS(=O)(=O)c2ccc(CC(=O)O)cc2)n1. The molecule has 2 aromatic rings. The zero-order chi connectivity index (χ0) is 16.9. The van der Waals surface area contributed by atoms with Crippen LogP contribution < -0.4 is 4.72 Å². The molecule has 0 aliphatic carbocycles. The van der Waals surface area contributed by atoms with Gasteiger partial charge < -0.3 is 5.11 Å². The number of aromatic nitrogens is 2. The molecule has 0 atom stereocenters. The molecule has 7 nitrogen and oxygen atoms in total. The van der Waals surface area contributed by atoms with Crippen molar-refractivity contribution in [3.05, 3.63) is 53.6 Å². The molecule has 0 spiro atoms. The standard InChI is InChI=1S/C15H17N3O4S/c1-11-9-16-10-13(18-11)6-7-17-23(21,22)14-4-2-12(3-5-14)8-15(19)20/h2-5,9-10,17H,6-8H2,1H3,(H,19,20). The van der Waals surface area contributed by atoms with E-state index in [9.17, 15) is 13.2 Å². The third-order valence-corrected chi connectivity index (χ3v) is 4.54. The van der Waals surface area contributed by atoms with Crippen LogP contribution in [0.25, 0.3) is 0 Å². The van der Waals surface area contributed by atoms with E-state index >= 15 is 0 Å². The van der Waals surface area contributed by atoms with Gasteiger partial charge in [-0.2, -0.15) is 0 Å². The molecule has 0 saturated heterocycles. The second kappa shape index (κ2) is 7.30. The lowest BCUT2D eigenvalue weighted by atomic mass is 10.2. The minimum atomic E-state index is -3.63. The molecule has 0 unspecified atom stereocenters. The van der Waals surface area contributed by atoms with Crippen molar-refractivity contribution in [1.82, 2.24) is 14.7 Å². The molecule has 2 rings (SSSR count). The highest BCUT2D eigenvalue weighted by atomic mass is 32.2.